The van der Waals surface area contributed by atoms with Gasteiger partial charge in [-0.3, -0.25) is 5.32 Å². The van der Waals surface area contributed by atoms with Crippen LogP contribution in [0.3, 0.4) is 0 Å². The van der Waals surface area contributed by atoms with E-state index in [1.54, 1.807) is 26.8 Å². The van der Waals surface area contributed by atoms with Gasteiger partial charge in [-0.05, 0) is 64.7 Å². The number of hydrogen-bond acceptors (Lipinski definition) is 7. The summed E-state index contributed by atoms with van der Waals surface area (Å²) >= 11 is 0. The molecule has 35 heavy (non-hydrogen) atoms. The lowest BCUT2D eigenvalue weighted by atomic mass is 9.87. The van der Waals surface area contributed by atoms with Crippen molar-refractivity contribution in [2.45, 2.75) is 83.4 Å². The first kappa shape index (κ1) is 28.1. The number of hydrogen-bond donors (Lipinski definition) is 4. The van der Waals surface area contributed by atoms with Crippen LogP contribution in [-0.2, 0) is 9.53 Å². The molecule has 0 fully saturated rings. The lowest BCUT2D eigenvalue weighted by Gasteiger charge is -2.35. The average molecular weight is 492 g/mol. The van der Waals surface area contributed by atoms with Crippen LogP contribution in [0, 0.1) is 0 Å². The molecular formula is C25H37N3O7. The zero-order chi connectivity index (χ0) is 26.1. The van der Waals surface area contributed by atoms with Crippen LogP contribution in [0.1, 0.15) is 88.2 Å². The number of nitrogens with zero attached hydrogens (tertiary/aromatic N) is 1. The number of benzene rings is 1. The summed E-state index contributed by atoms with van der Waals surface area (Å²) in [6.07, 6.45) is 3.16. The first-order valence-electron chi connectivity index (χ1n) is 11.9. The minimum absolute atomic E-state index is 0.0444. The minimum Gasteiger partial charge on any atom is -0.493 e. The monoisotopic (exact) mass is 491 g/mol. The summed E-state index contributed by atoms with van der Waals surface area (Å²) in [5, 5.41) is 24.6. The highest BCUT2D eigenvalue weighted by Crippen LogP contribution is 2.35. The van der Waals surface area contributed by atoms with Crippen molar-refractivity contribution in [2.24, 2.45) is 4.99 Å². The van der Waals surface area contributed by atoms with E-state index >= 15 is 0 Å². The number of rotatable bonds is 10. The number of amides is 1. The predicted octanol–water partition coefficient (Wildman–Crippen LogP) is 3.58. The number of aliphatic hydroxyl groups excluding tert-OH is 1. The number of unbranched alkanes of at least 4 members (excludes halogenated alkanes) is 1. The predicted molar refractivity (Wildman–Crippen MR) is 131 cm³/mol. The molecule has 0 bridgehead atoms. The fourth-order valence-corrected chi connectivity index (χ4v) is 3.91. The Labute approximate surface area is 206 Å². The molecular weight excluding hydrogens is 454 g/mol. The van der Waals surface area contributed by atoms with Gasteiger partial charge in [0.15, 0.2) is 0 Å². The molecule has 0 saturated carbocycles. The molecule has 0 aliphatic carbocycles. The fourth-order valence-electron chi connectivity index (χ4n) is 3.91. The zero-order valence-corrected chi connectivity index (χ0v) is 20.9. The Kier molecular flexibility index (Phi) is 10.1. The van der Waals surface area contributed by atoms with Crippen LogP contribution >= 0.6 is 0 Å². The van der Waals surface area contributed by atoms with E-state index in [1.807, 2.05) is 6.92 Å². The Morgan fingerprint density at radius 2 is 2.03 bits per heavy atom. The van der Waals surface area contributed by atoms with E-state index < -0.39 is 29.2 Å². The third kappa shape index (κ3) is 8.54. The number of carbonyl (C=O) groups is 3. The van der Waals surface area contributed by atoms with Gasteiger partial charge in [0.2, 0.25) is 5.96 Å². The van der Waals surface area contributed by atoms with Gasteiger partial charge in [0, 0.05) is 30.6 Å². The molecule has 2 rings (SSSR count). The summed E-state index contributed by atoms with van der Waals surface area (Å²) in [5.74, 6) is -0.402. The van der Waals surface area contributed by atoms with Crippen LogP contribution in [0.4, 0.5) is 4.79 Å². The zero-order valence-electron chi connectivity index (χ0n) is 20.9. The first-order valence-corrected chi connectivity index (χ1v) is 11.9. The molecule has 10 nitrogen and oxygen atoms in total. The average Bonchev–Trinajstić information content (AvgIpc) is 2.77. The van der Waals surface area contributed by atoms with Gasteiger partial charge >= 0.3 is 12.1 Å². The van der Waals surface area contributed by atoms with Gasteiger partial charge < -0.3 is 29.8 Å². The summed E-state index contributed by atoms with van der Waals surface area (Å²) in [5.41, 5.74) is -0.722. The molecule has 194 valence electrons. The highest BCUT2D eigenvalue weighted by atomic mass is 16.6. The van der Waals surface area contributed by atoms with Gasteiger partial charge in [-0.25, -0.2) is 14.6 Å². The van der Waals surface area contributed by atoms with Crippen molar-refractivity contribution in [3.8, 4) is 5.75 Å². The summed E-state index contributed by atoms with van der Waals surface area (Å²) in [6, 6.07) is 4.11. The summed E-state index contributed by atoms with van der Waals surface area (Å²) in [7, 11) is 0. The second-order valence-corrected chi connectivity index (χ2v) is 9.63. The number of guanidine groups is 1. The van der Waals surface area contributed by atoms with E-state index in [9.17, 15) is 24.6 Å². The lowest BCUT2D eigenvalue weighted by molar-refractivity contribution is -0.109. The molecule has 0 spiro atoms. The fraction of sp³-hybridized carbons (Fsp3) is 0.600. The van der Waals surface area contributed by atoms with Crippen molar-refractivity contribution in [2.75, 3.05) is 13.2 Å². The minimum atomic E-state index is -1.06. The Morgan fingerprint density at radius 1 is 1.29 bits per heavy atom. The molecule has 4 N–H and O–H groups in total. The van der Waals surface area contributed by atoms with E-state index in [2.05, 4.69) is 10.6 Å². The maximum atomic E-state index is 12.6. The second kappa shape index (κ2) is 12.5. The maximum Gasteiger partial charge on any atom is 0.414 e. The summed E-state index contributed by atoms with van der Waals surface area (Å²) < 4.78 is 11.1. The molecule has 0 aromatic heterocycles. The largest absolute Gasteiger partial charge is 0.493 e. The van der Waals surface area contributed by atoms with Crippen molar-refractivity contribution in [3.63, 3.8) is 0 Å². The van der Waals surface area contributed by atoms with Crippen LogP contribution < -0.4 is 15.4 Å². The van der Waals surface area contributed by atoms with Gasteiger partial charge in [0.1, 0.15) is 17.6 Å². The highest BCUT2D eigenvalue weighted by Gasteiger charge is 2.31. The van der Waals surface area contributed by atoms with Gasteiger partial charge in [0.25, 0.3) is 0 Å². The number of aliphatic imine (C=N–C) groups is 1. The molecule has 1 heterocycles. The number of carboxylic acids is 1. The van der Waals surface area contributed by atoms with Crippen LogP contribution in [0.15, 0.2) is 23.2 Å². The van der Waals surface area contributed by atoms with Gasteiger partial charge in [-0.1, -0.05) is 6.92 Å². The Hall–Kier alpha value is -3.14. The maximum absolute atomic E-state index is 12.6. The summed E-state index contributed by atoms with van der Waals surface area (Å²) in [6.45, 7) is 7.59. The third-order valence-corrected chi connectivity index (χ3v) is 5.77. The van der Waals surface area contributed by atoms with Gasteiger partial charge in [0.05, 0.1) is 18.2 Å². The van der Waals surface area contributed by atoms with E-state index in [4.69, 9.17) is 14.5 Å². The van der Waals surface area contributed by atoms with E-state index in [0.29, 0.717) is 50.0 Å². The number of fused-ring (bicyclic) bond motifs is 1. The Morgan fingerprint density at radius 3 is 2.63 bits per heavy atom. The highest BCUT2D eigenvalue weighted by molar-refractivity contribution is 5.95. The molecule has 0 radical (unpaired) electrons. The standard InChI is InChI=1S/C25H37N3O7/c1-5-25(12-14-30,11-6-7-13-29)28-22(27-23(33)35-24(2,3)4)26-19-10-15-34-20-9-8-17(21(31)32)16-18(19)20/h8-9,14,16,19,29H,5-7,10-13,15H2,1-4H3,(H,31,32)(H2,26,27,28,33)/t19?,25-/m1/s1. The number of aliphatic hydroxyl groups is 1. The van der Waals surface area contributed by atoms with Crippen LogP contribution in [0.2, 0.25) is 0 Å². The molecule has 1 amide bonds. The number of aldehydes is 1. The van der Waals surface area contributed by atoms with Crippen molar-refractivity contribution in [1.29, 1.82) is 0 Å². The van der Waals surface area contributed by atoms with Gasteiger partial charge in [-0.15, -0.1) is 0 Å². The van der Waals surface area contributed by atoms with Crippen LogP contribution in [0.25, 0.3) is 0 Å². The van der Waals surface area contributed by atoms with Crippen molar-refractivity contribution >= 4 is 24.3 Å². The Bertz CT molecular complexity index is 926. The van der Waals surface area contributed by atoms with Crippen LogP contribution in [-0.4, -0.2) is 58.9 Å². The van der Waals surface area contributed by atoms with Crippen molar-refractivity contribution in [3.05, 3.63) is 29.3 Å². The summed E-state index contributed by atoms with van der Waals surface area (Å²) in [4.78, 5) is 40.4. The Balaban J connectivity index is 2.46. The number of ether oxygens (including phenoxy) is 2. The number of nitrogens with one attached hydrogen (secondary N) is 2. The molecule has 2 atom stereocenters. The normalized spacial score (nSPS) is 17.4. The smallest absolute Gasteiger partial charge is 0.414 e. The molecule has 1 aliphatic rings. The molecule has 1 aliphatic heterocycles. The van der Waals surface area contributed by atoms with E-state index in [-0.39, 0.29) is 24.6 Å². The van der Waals surface area contributed by atoms with E-state index in [1.165, 1.54) is 12.1 Å². The molecule has 10 heteroatoms. The SMILES string of the molecule is CC[C@](CC=O)(CCCCO)NC(=NC1CCOc2ccc(C(=O)O)cc21)NC(=O)OC(C)(C)C. The van der Waals surface area contributed by atoms with E-state index in [0.717, 1.165) is 6.29 Å². The topological polar surface area (TPSA) is 147 Å². The molecule has 1 aromatic carbocycles. The number of aromatic carboxylic acids is 1. The van der Waals surface area contributed by atoms with Gasteiger partial charge in [-0.2, -0.15) is 0 Å². The van der Waals surface area contributed by atoms with Crippen LogP contribution in [0.5, 0.6) is 5.75 Å². The quantitative estimate of drug-likeness (QED) is 0.168. The number of alkyl carbamates (subject to hydrolysis) is 1. The molecule has 0 saturated heterocycles. The lowest BCUT2D eigenvalue weighted by Crippen LogP contribution is -2.55. The van der Waals surface area contributed by atoms with Crippen molar-refractivity contribution < 1.29 is 34.1 Å². The number of carboxylic acid groups (broad SMARTS) is 1. The number of carbonyl (C=O) groups excluding carboxylic acids is 2. The third-order valence-electron chi connectivity index (χ3n) is 5.77. The van der Waals surface area contributed by atoms with Crippen molar-refractivity contribution in [1.82, 2.24) is 10.6 Å². The second-order valence-electron chi connectivity index (χ2n) is 9.63. The molecule has 1 aromatic rings. The molecule has 1 unspecified atom stereocenters. The first-order chi connectivity index (χ1) is 16.5.